The lowest BCUT2D eigenvalue weighted by Crippen LogP contribution is -3.14. The molecule has 0 amide bonds. The van der Waals surface area contributed by atoms with E-state index >= 15 is 0 Å². The Balaban J connectivity index is 1.67. The molecule has 2 aromatic heterocycles. The third-order valence-corrected chi connectivity index (χ3v) is 6.11. The van der Waals surface area contributed by atoms with E-state index in [1.807, 2.05) is 40.8 Å². The van der Waals surface area contributed by atoms with E-state index in [9.17, 15) is 4.79 Å². The molecule has 154 valence electrons. The topological polar surface area (TPSA) is 53.0 Å². The number of benzene rings is 2. The first-order valence-electron chi connectivity index (χ1n) is 10.3. The number of fused-ring (bicyclic) bond motifs is 3. The number of imidazole rings is 2. The maximum absolute atomic E-state index is 12.7. The van der Waals surface area contributed by atoms with Gasteiger partial charge in [0.15, 0.2) is 5.78 Å². The maximum atomic E-state index is 12.7. The second kappa shape index (κ2) is 7.87. The second-order valence-corrected chi connectivity index (χ2v) is 8.20. The number of halogens is 1. The standard InChI is InChI=1S/C23H23ClN4O2/c1-16(29)22-21(17-6-8-18(24)9-7-17)25-23-27(11-10-26-12-14-30-15-13-26)19-4-2-3-5-20(19)28(22)23/h2-9H,10-15H2,1H3/p+1. The zero-order valence-electron chi connectivity index (χ0n) is 16.9. The van der Waals surface area contributed by atoms with E-state index in [2.05, 4.69) is 16.7 Å². The third kappa shape index (κ3) is 3.31. The van der Waals surface area contributed by atoms with Gasteiger partial charge in [-0.1, -0.05) is 35.9 Å². The Labute approximate surface area is 179 Å². The Bertz CT molecular complexity index is 1220. The minimum absolute atomic E-state index is 0.00541. The second-order valence-electron chi connectivity index (χ2n) is 7.76. The van der Waals surface area contributed by atoms with Crippen molar-refractivity contribution >= 4 is 34.2 Å². The summed E-state index contributed by atoms with van der Waals surface area (Å²) in [7, 11) is 0. The first-order chi connectivity index (χ1) is 14.6. The van der Waals surface area contributed by atoms with Crippen molar-refractivity contribution in [2.24, 2.45) is 0 Å². The minimum Gasteiger partial charge on any atom is -0.370 e. The van der Waals surface area contributed by atoms with Gasteiger partial charge in [-0.2, -0.15) is 0 Å². The molecule has 1 aliphatic rings. The predicted molar refractivity (Wildman–Crippen MR) is 118 cm³/mol. The summed E-state index contributed by atoms with van der Waals surface area (Å²) in [6.07, 6.45) is 0. The molecule has 1 fully saturated rings. The molecule has 1 aliphatic heterocycles. The fourth-order valence-electron chi connectivity index (χ4n) is 4.34. The molecular weight excluding hydrogens is 400 g/mol. The van der Waals surface area contributed by atoms with Crippen molar-refractivity contribution in [3.8, 4) is 11.3 Å². The van der Waals surface area contributed by atoms with Crippen molar-refractivity contribution in [1.29, 1.82) is 0 Å². The molecule has 0 radical (unpaired) electrons. The number of carbonyl (C=O) groups is 1. The predicted octanol–water partition coefficient (Wildman–Crippen LogP) is 2.73. The number of Topliss-reactive ketones (excluding diaryl/α,β-unsaturated/α-hetero) is 1. The highest BCUT2D eigenvalue weighted by molar-refractivity contribution is 6.30. The fraction of sp³-hybridized carbons (Fsp3) is 0.304. The lowest BCUT2D eigenvalue weighted by Gasteiger charge is -2.23. The van der Waals surface area contributed by atoms with Gasteiger partial charge >= 0.3 is 0 Å². The number of rotatable bonds is 5. The van der Waals surface area contributed by atoms with Gasteiger partial charge in [0.1, 0.15) is 24.5 Å². The number of para-hydroxylation sites is 2. The van der Waals surface area contributed by atoms with Gasteiger partial charge in [0.05, 0.1) is 37.3 Å². The first-order valence-corrected chi connectivity index (χ1v) is 10.7. The van der Waals surface area contributed by atoms with Crippen LogP contribution in [-0.4, -0.2) is 52.6 Å². The fourth-order valence-corrected chi connectivity index (χ4v) is 4.47. The molecule has 7 heteroatoms. The SMILES string of the molecule is CC(=O)c1c(-c2ccc(Cl)cc2)nc2n(CC[NH+]3CCOCC3)c3ccccc3n12. The van der Waals surface area contributed by atoms with Crippen LogP contribution < -0.4 is 4.90 Å². The number of carbonyl (C=O) groups excluding carboxylic acids is 1. The molecule has 30 heavy (non-hydrogen) atoms. The van der Waals surface area contributed by atoms with Crippen LogP contribution in [0.15, 0.2) is 48.5 Å². The lowest BCUT2D eigenvalue weighted by molar-refractivity contribution is -0.908. The third-order valence-electron chi connectivity index (χ3n) is 5.85. The highest BCUT2D eigenvalue weighted by Gasteiger charge is 2.24. The summed E-state index contributed by atoms with van der Waals surface area (Å²) in [6.45, 7) is 7.12. The van der Waals surface area contributed by atoms with Crippen molar-refractivity contribution in [2.75, 3.05) is 32.8 Å². The molecule has 0 spiro atoms. The zero-order valence-corrected chi connectivity index (χ0v) is 17.7. The number of nitrogens with one attached hydrogen (secondary N) is 1. The van der Waals surface area contributed by atoms with Gasteiger partial charge in [-0.25, -0.2) is 4.98 Å². The number of nitrogens with zero attached hydrogens (tertiary/aromatic N) is 3. The first kappa shape index (κ1) is 19.3. The largest absolute Gasteiger partial charge is 0.370 e. The Morgan fingerprint density at radius 2 is 1.80 bits per heavy atom. The van der Waals surface area contributed by atoms with Crippen molar-refractivity contribution in [1.82, 2.24) is 14.0 Å². The van der Waals surface area contributed by atoms with Gasteiger partial charge in [0.25, 0.3) is 0 Å². The molecule has 0 unspecified atom stereocenters. The highest BCUT2D eigenvalue weighted by atomic mass is 35.5. The molecule has 6 nitrogen and oxygen atoms in total. The molecule has 0 aliphatic carbocycles. The zero-order chi connectivity index (χ0) is 20.7. The summed E-state index contributed by atoms with van der Waals surface area (Å²) in [5, 5.41) is 0.662. The number of aromatic nitrogens is 3. The number of quaternary nitrogens is 1. The van der Waals surface area contributed by atoms with Crippen LogP contribution in [0.4, 0.5) is 0 Å². The molecular formula is C23H24ClN4O2+. The van der Waals surface area contributed by atoms with Crippen LogP contribution in [0.1, 0.15) is 17.4 Å². The van der Waals surface area contributed by atoms with Crippen LogP contribution in [0, 0.1) is 0 Å². The van der Waals surface area contributed by atoms with Crippen LogP contribution in [-0.2, 0) is 11.3 Å². The van der Waals surface area contributed by atoms with Crippen LogP contribution >= 0.6 is 11.6 Å². The molecule has 4 aromatic rings. The van der Waals surface area contributed by atoms with E-state index in [4.69, 9.17) is 21.3 Å². The van der Waals surface area contributed by atoms with Gasteiger partial charge in [0.2, 0.25) is 5.78 Å². The minimum atomic E-state index is -0.00541. The Morgan fingerprint density at radius 1 is 1.10 bits per heavy atom. The average molecular weight is 424 g/mol. The molecule has 1 saturated heterocycles. The smallest absolute Gasteiger partial charge is 0.216 e. The Kier molecular flexibility index (Phi) is 5.06. The summed E-state index contributed by atoms with van der Waals surface area (Å²) >= 11 is 6.07. The number of hydrogen-bond donors (Lipinski definition) is 1. The molecule has 0 bridgehead atoms. The van der Waals surface area contributed by atoms with Crippen molar-refractivity contribution < 1.29 is 14.4 Å². The van der Waals surface area contributed by atoms with E-state index in [0.717, 1.165) is 61.8 Å². The Morgan fingerprint density at radius 3 is 2.50 bits per heavy atom. The molecule has 5 rings (SSSR count). The van der Waals surface area contributed by atoms with Gasteiger partial charge in [0, 0.05) is 17.5 Å². The van der Waals surface area contributed by atoms with Crippen molar-refractivity contribution in [3.05, 3.63) is 59.2 Å². The van der Waals surface area contributed by atoms with Gasteiger partial charge in [-0.3, -0.25) is 9.20 Å². The highest BCUT2D eigenvalue weighted by Crippen LogP contribution is 2.30. The lowest BCUT2D eigenvalue weighted by atomic mass is 10.1. The number of morpholine rings is 1. The summed E-state index contributed by atoms with van der Waals surface area (Å²) < 4.78 is 9.74. The van der Waals surface area contributed by atoms with E-state index in [1.54, 1.807) is 6.92 Å². The van der Waals surface area contributed by atoms with Gasteiger partial charge < -0.3 is 14.2 Å². The number of ether oxygens (including phenoxy) is 1. The molecule has 2 aromatic carbocycles. The Hall–Kier alpha value is -2.67. The van der Waals surface area contributed by atoms with E-state index in [0.29, 0.717) is 16.4 Å². The van der Waals surface area contributed by atoms with E-state index in [-0.39, 0.29) is 5.78 Å². The monoisotopic (exact) mass is 423 g/mol. The molecule has 1 N–H and O–H groups in total. The molecule has 3 heterocycles. The van der Waals surface area contributed by atoms with Crippen LogP contribution in [0.5, 0.6) is 0 Å². The maximum Gasteiger partial charge on any atom is 0.216 e. The normalized spacial score (nSPS) is 15.3. The van der Waals surface area contributed by atoms with Crippen LogP contribution in [0.2, 0.25) is 5.02 Å². The van der Waals surface area contributed by atoms with Crippen LogP contribution in [0.3, 0.4) is 0 Å². The van der Waals surface area contributed by atoms with Gasteiger partial charge in [-0.05, 0) is 24.3 Å². The summed E-state index contributed by atoms with van der Waals surface area (Å²) in [5.41, 5.74) is 4.30. The van der Waals surface area contributed by atoms with Crippen LogP contribution in [0.25, 0.3) is 28.1 Å². The quantitative estimate of drug-likeness (QED) is 0.502. The summed E-state index contributed by atoms with van der Waals surface area (Å²) in [5.74, 6) is 0.799. The van der Waals surface area contributed by atoms with E-state index in [1.165, 1.54) is 4.90 Å². The number of hydrogen-bond acceptors (Lipinski definition) is 3. The molecule has 0 atom stereocenters. The summed E-state index contributed by atoms with van der Waals surface area (Å²) in [6, 6.07) is 15.7. The van der Waals surface area contributed by atoms with E-state index < -0.39 is 0 Å². The molecule has 0 saturated carbocycles. The number of ketones is 1. The van der Waals surface area contributed by atoms with Gasteiger partial charge in [-0.15, -0.1) is 0 Å². The summed E-state index contributed by atoms with van der Waals surface area (Å²) in [4.78, 5) is 19.2. The van der Waals surface area contributed by atoms with Crippen molar-refractivity contribution in [2.45, 2.75) is 13.5 Å². The average Bonchev–Trinajstić information content (AvgIpc) is 3.29. The van der Waals surface area contributed by atoms with Crippen molar-refractivity contribution in [3.63, 3.8) is 0 Å².